The first-order valence-corrected chi connectivity index (χ1v) is 6.67. The first-order chi connectivity index (χ1) is 8.40. The fraction of sp³-hybridized carbons (Fsp3) is 0.800. The van der Waals surface area contributed by atoms with Gasteiger partial charge in [0.2, 0.25) is 0 Å². The van der Waals surface area contributed by atoms with Gasteiger partial charge in [-0.25, -0.2) is 0 Å². The highest BCUT2D eigenvalue weighted by atomic mass is 16.5. The second-order valence-corrected chi connectivity index (χ2v) is 5.56. The van der Waals surface area contributed by atoms with Crippen molar-refractivity contribution in [1.29, 1.82) is 0 Å². The normalized spacial score (nSPS) is 14.6. The van der Waals surface area contributed by atoms with E-state index in [4.69, 9.17) is 9.47 Å². The molecule has 3 heteroatoms. The summed E-state index contributed by atoms with van der Waals surface area (Å²) >= 11 is 0. The first kappa shape index (κ1) is 17.2. The summed E-state index contributed by atoms with van der Waals surface area (Å²) in [5.74, 6) is 0.584. The predicted molar refractivity (Wildman–Crippen MR) is 74.4 cm³/mol. The Morgan fingerprint density at radius 2 is 1.94 bits per heavy atom. The molecule has 0 saturated heterocycles. The Bertz CT molecular complexity index is 258. The van der Waals surface area contributed by atoms with E-state index in [9.17, 15) is 4.79 Å². The molecule has 0 heterocycles. The molecule has 1 unspecified atom stereocenters. The quantitative estimate of drug-likeness (QED) is 0.468. The largest absolute Gasteiger partial charge is 0.461 e. The summed E-state index contributed by atoms with van der Waals surface area (Å²) in [4.78, 5) is 12.3. The van der Waals surface area contributed by atoms with Crippen molar-refractivity contribution in [2.24, 2.45) is 17.3 Å². The summed E-state index contributed by atoms with van der Waals surface area (Å²) in [7, 11) is 1.63. The minimum atomic E-state index is -0.540. The maximum absolute atomic E-state index is 12.3. The molecular weight excluding hydrogens is 228 g/mol. The Labute approximate surface area is 112 Å². The second-order valence-electron chi connectivity index (χ2n) is 5.56. The van der Waals surface area contributed by atoms with Gasteiger partial charge in [-0.1, -0.05) is 40.3 Å². The van der Waals surface area contributed by atoms with Crippen LogP contribution in [0.2, 0.25) is 0 Å². The molecular formula is C15H28O3. The van der Waals surface area contributed by atoms with Crippen LogP contribution in [0.3, 0.4) is 0 Å². The van der Waals surface area contributed by atoms with Crippen molar-refractivity contribution in [2.75, 3.05) is 20.3 Å². The zero-order chi connectivity index (χ0) is 14.2. The summed E-state index contributed by atoms with van der Waals surface area (Å²) in [6.07, 6.45) is 3.38. The summed E-state index contributed by atoms with van der Waals surface area (Å²) < 4.78 is 10.5. The van der Waals surface area contributed by atoms with Gasteiger partial charge in [0.25, 0.3) is 0 Å². The standard InChI is InChI=1S/C15H28O3/c1-7-10-18-14(16)15(11-17-6,13(4)5)9-8-12(2)3/h7,12-13H,1,8-11H2,2-6H3. The smallest absolute Gasteiger partial charge is 0.315 e. The molecule has 0 aliphatic rings. The molecule has 0 fully saturated rings. The third-order valence-corrected chi connectivity index (χ3v) is 3.41. The molecule has 1 atom stereocenters. The fourth-order valence-corrected chi connectivity index (χ4v) is 2.01. The zero-order valence-electron chi connectivity index (χ0n) is 12.5. The molecule has 0 amide bonds. The molecule has 0 rings (SSSR count). The van der Waals surface area contributed by atoms with Crippen molar-refractivity contribution in [3.8, 4) is 0 Å². The van der Waals surface area contributed by atoms with Gasteiger partial charge in [0.05, 0.1) is 12.0 Å². The van der Waals surface area contributed by atoms with E-state index in [0.29, 0.717) is 12.5 Å². The van der Waals surface area contributed by atoms with E-state index in [1.54, 1.807) is 13.2 Å². The number of esters is 1. The lowest BCUT2D eigenvalue weighted by Gasteiger charge is -2.35. The van der Waals surface area contributed by atoms with Gasteiger partial charge in [0.1, 0.15) is 6.61 Å². The Hall–Kier alpha value is -0.830. The van der Waals surface area contributed by atoms with Crippen LogP contribution >= 0.6 is 0 Å². The Morgan fingerprint density at radius 1 is 1.33 bits per heavy atom. The van der Waals surface area contributed by atoms with Gasteiger partial charge in [-0.2, -0.15) is 0 Å². The molecule has 0 radical (unpaired) electrons. The molecule has 0 aromatic rings. The molecule has 0 spiro atoms. The molecule has 0 bridgehead atoms. The van der Waals surface area contributed by atoms with Crippen molar-refractivity contribution in [3.63, 3.8) is 0 Å². The molecule has 0 aliphatic heterocycles. The highest BCUT2D eigenvalue weighted by Gasteiger charge is 2.42. The van der Waals surface area contributed by atoms with Crippen LogP contribution in [0.15, 0.2) is 12.7 Å². The van der Waals surface area contributed by atoms with Crippen LogP contribution in [-0.4, -0.2) is 26.3 Å². The Morgan fingerprint density at radius 3 is 2.33 bits per heavy atom. The number of hydrogen-bond donors (Lipinski definition) is 0. The maximum atomic E-state index is 12.3. The Kier molecular flexibility index (Phi) is 7.92. The zero-order valence-corrected chi connectivity index (χ0v) is 12.5. The van der Waals surface area contributed by atoms with Gasteiger partial charge in [0, 0.05) is 7.11 Å². The minimum absolute atomic E-state index is 0.167. The van der Waals surface area contributed by atoms with Crippen molar-refractivity contribution in [3.05, 3.63) is 12.7 Å². The SMILES string of the molecule is C=CCOC(=O)C(CCC(C)C)(COC)C(C)C. The first-order valence-electron chi connectivity index (χ1n) is 6.67. The van der Waals surface area contributed by atoms with Crippen LogP contribution in [0, 0.1) is 17.3 Å². The van der Waals surface area contributed by atoms with Crippen LogP contribution in [0.5, 0.6) is 0 Å². The van der Waals surface area contributed by atoms with Crippen LogP contribution < -0.4 is 0 Å². The van der Waals surface area contributed by atoms with E-state index in [-0.39, 0.29) is 18.5 Å². The number of ether oxygens (including phenoxy) is 2. The molecule has 106 valence electrons. The lowest BCUT2D eigenvalue weighted by molar-refractivity contribution is -0.163. The number of rotatable bonds is 9. The highest BCUT2D eigenvalue weighted by molar-refractivity contribution is 5.77. The third-order valence-electron chi connectivity index (χ3n) is 3.41. The fourth-order valence-electron chi connectivity index (χ4n) is 2.01. The van der Waals surface area contributed by atoms with E-state index < -0.39 is 5.41 Å². The molecule has 0 aromatic carbocycles. The second kappa shape index (κ2) is 8.30. The Balaban J connectivity index is 4.94. The number of hydrogen-bond acceptors (Lipinski definition) is 3. The van der Waals surface area contributed by atoms with Crippen molar-refractivity contribution >= 4 is 5.97 Å². The van der Waals surface area contributed by atoms with E-state index in [1.165, 1.54) is 0 Å². The molecule has 0 aliphatic carbocycles. The number of carbonyl (C=O) groups is 1. The summed E-state index contributed by atoms with van der Waals surface area (Å²) in [6, 6.07) is 0. The molecule has 18 heavy (non-hydrogen) atoms. The monoisotopic (exact) mass is 256 g/mol. The van der Waals surface area contributed by atoms with Crippen LogP contribution in [0.1, 0.15) is 40.5 Å². The third kappa shape index (κ3) is 4.81. The van der Waals surface area contributed by atoms with Crippen molar-refractivity contribution in [1.82, 2.24) is 0 Å². The average Bonchev–Trinajstić information content (AvgIpc) is 2.30. The van der Waals surface area contributed by atoms with E-state index in [2.05, 4.69) is 34.3 Å². The van der Waals surface area contributed by atoms with Gasteiger partial charge in [-0.05, 0) is 24.7 Å². The number of methoxy groups -OCH3 is 1. The van der Waals surface area contributed by atoms with Crippen molar-refractivity contribution < 1.29 is 14.3 Å². The van der Waals surface area contributed by atoms with Gasteiger partial charge in [0.15, 0.2) is 0 Å². The molecule has 0 N–H and O–H groups in total. The lowest BCUT2D eigenvalue weighted by Crippen LogP contribution is -2.42. The predicted octanol–water partition coefficient (Wildman–Crippen LogP) is 3.44. The number of carbonyl (C=O) groups excluding carboxylic acids is 1. The van der Waals surface area contributed by atoms with E-state index >= 15 is 0 Å². The maximum Gasteiger partial charge on any atom is 0.315 e. The van der Waals surface area contributed by atoms with E-state index in [1.807, 2.05) is 0 Å². The molecule has 3 nitrogen and oxygen atoms in total. The van der Waals surface area contributed by atoms with Gasteiger partial charge >= 0.3 is 5.97 Å². The van der Waals surface area contributed by atoms with Gasteiger partial charge in [-0.15, -0.1) is 0 Å². The van der Waals surface area contributed by atoms with Crippen LogP contribution in [-0.2, 0) is 14.3 Å². The molecule has 0 saturated carbocycles. The summed E-state index contributed by atoms with van der Waals surface area (Å²) in [5.41, 5.74) is -0.540. The topological polar surface area (TPSA) is 35.5 Å². The van der Waals surface area contributed by atoms with E-state index in [0.717, 1.165) is 12.8 Å². The van der Waals surface area contributed by atoms with Crippen LogP contribution in [0.4, 0.5) is 0 Å². The van der Waals surface area contributed by atoms with Gasteiger partial charge in [-0.3, -0.25) is 4.79 Å². The van der Waals surface area contributed by atoms with Crippen molar-refractivity contribution in [2.45, 2.75) is 40.5 Å². The molecule has 0 aromatic heterocycles. The lowest BCUT2D eigenvalue weighted by atomic mass is 9.73. The van der Waals surface area contributed by atoms with Crippen LogP contribution in [0.25, 0.3) is 0 Å². The summed E-state index contributed by atoms with van der Waals surface area (Å²) in [5, 5.41) is 0. The minimum Gasteiger partial charge on any atom is -0.461 e. The summed E-state index contributed by atoms with van der Waals surface area (Å²) in [6.45, 7) is 12.7. The van der Waals surface area contributed by atoms with Gasteiger partial charge < -0.3 is 9.47 Å². The highest BCUT2D eigenvalue weighted by Crippen LogP contribution is 2.36. The average molecular weight is 256 g/mol.